The van der Waals surface area contributed by atoms with Gasteiger partial charge in [-0.25, -0.2) is 4.39 Å². The highest BCUT2D eigenvalue weighted by atomic mass is 19.1. The van der Waals surface area contributed by atoms with Crippen LogP contribution in [0.15, 0.2) is 54.6 Å². The highest BCUT2D eigenvalue weighted by molar-refractivity contribution is 5.85. The monoisotopic (exact) mass is 340 g/mol. The van der Waals surface area contributed by atoms with Crippen LogP contribution in [-0.4, -0.2) is 29.8 Å². The number of halogens is 1. The van der Waals surface area contributed by atoms with Gasteiger partial charge in [0.25, 0.3) is 0 Å². The lowest BCUT2D eigenvalue weighted by atomic mass is 9.98. The maximum atomic E-state index is 13.2. The summed E-state index contributed by atoms with van der Waals surface area (Å²) in [6.45, 7) is 0.683. The van der Waals surface area contributed by atoms with Gasteiger partial charge in [-0.15, -0.1) is 0 Å². The van der Waals surface area contributed by atoms with E-state index in [1.807, 2.05) is 30.3 Å². The topological polar surface area (TPSA) is 49.4 Å². The molecule has 3 rings (SSSR count). The summed E-state index contributed by atoms with van der Waals surface area (Å²) in [5.41, 5.74) is 1.71. The summed E-state index contributed by atoms with van der Waals surface area (Å²) < 4.78 is 13.2. The Balaban J connectivity index is 1.76. The molecule has 0 aliphatic carbocycles. The highest BCUT2D eigenvalue weighted by Gasteiger charge is 2.23. The molecule has 4 nitrogen and oxygen atoms in total. The summed E-state index contributed by atoms with van der Waals surface area (Å²) in [7, 11) is 0. The Bertz CT molecular complexity index is 731. The minimum Gasteiger partial charge on any atom is -0.344 e. The predicted octanol–water partition coefficient (Wildman–Crippen LogP) is 3.04. The number of likely N-dealkylation sites (tertiary alicyclic amines) is 1. The highest BCUT2D eigenvalue weighted by Crippen LogP contribution is 2.22. The Kier molecular flexibility index (Phi) is 5.43. The van der Waals surface area contributed by atoms with Gasteiger partial charge in [0.1, 0.15) is 5.82 Å². The van der Waals surface area contributed by atoms with E-state index in [-0.39, 0.29) is 30.2 Å². The van der Waals surface area contributed by atoms with Gasteiger partial charge < -0.3 is 10.2 Å². The van der Waals surface area contributed by atoms with Crippen molar-refractivity contribution >= 4 is 11.8 Å². The maximum Gasteiger partial charge on any atom is 0.240 e. The number of piperidine rings is 1. The number of hydrogen-bond acceptors (Lipinski definition) is 2. The normalized spacial score (nSPS) is 15.7. The van der Waals surface area contributed by atoms with Crippen molar-refractivity contribution in [3.05, 3.63) is 71.5 Å². The van der Waals surface area contributed by atoms with Gasteiger partial charge in [0.15, 0.2) is 0 Å². The first kappa shape index (κ1) is 17.1. The van der Waals surface area contributed by atoms with E-state index in [0.717, 1.165) is 24.0 Å². The summed E-state index contributed by atoms with van der Waals surface area (Å²) in [6, 6.07) is 15.2. The molecular weight excluding hydrogens is 319 g/mol. The maximum absolute atomic E-state index is 13.2. The molecule has 1 heterocycles. The third-order valence-electron chi connectivity index (χ3n) is 4.40. The second-order valence-corrected chi connectivity index (χ2v) is 6.24. The van der Waals surface area contributed by atoms with Crippen molar-refractivity contribution in [2.45, 2.75) is 25.3 Å². The second kappa shape index (κ2) is 7.92. The van der Waals surface area contributed by atoms with Crippen LogP contribution >= 0.6 is 0 Å². The zero-order valence-electron chi connectivity index (χ0n) is 14.0. The van der Waals surface area contributed by atoms with Crippen molar-refractivity contribution in [3.8, 4) is 0 Å². The second-order valence-electron chi connectivity index (χ2n) is 6.24. The molecule has 130 valence electrons. The molecule has 1 saturated heterocycles. The quantitative estimate of drug-likeness (QED) is 0.909. The Morgan fingerprint density at radius 3 is 2.40 bits per heavy atom. The fourth-order valence-corrected chi connectivity index (χ4v) is 3.07. The van der Waals surface area contributed by atoms with Gasteiger partial charge in [-0.2, -0.15) is 0 Å². The summed E-state index contributed by atoms with van der Waals surface area (Å²) in [4.78, 5) is 26.0. The van der Waals surface area contributed by atoms with Crippen LogP contribution in [0.3, 0.4) is 0 Å². The van der Waals surface area contributed by atoms with E-state index in [9.17, 15) is 14.0 Å². The Morgan fingerprint density at radius 1 is 1.04 bits per heavy atom. The zero-order chi connectivity index (χ0) is 17.6. The van der Waals surface area contributed by atoms with E-state index in [4.69, 9.17) is 0 Å². The van der Waals surface area contributed by atoms with E-state index < -0.39 is 0 Å². The van der Waals surface area contributed by atoms with Crippen molar-refractivity contribution in [2.75, 3.05) is 13.1 Å². The summed E-state index contributed by atoms with van der Waals surface area (Å²) in [6.07, 6.45) is 2.33. The lowest BCUT2D eigenvalue weighted by Gasteiger charge is -2.27. The van der Waals surface area contributed by atoms with Crippen LogP contribution in [-0.2, 0) is 9.59 Å². The minimum atomic E-state index is -0.380. The number of nitrogens with one attached hydrogen (secondary N) is 1. The van der Waals surface area contributed by atoms with Gasteiger partial charge in [-0.05, 0) is 36.1 Å². The van der Waals surface area contributed by atoms with E-state index in [1.165, 1.54) is 12.1 Å². The van der Waals surface area contributed by atoms with Gasteiger partial charge in [-0.3, -0.25) is 9.59 Å². The van der Waals surface area contributed by atoms with Crippen LogP contribution in [0.4, 0.5) is 4.39 Å². The Labute approximate surface area is 146 Å². The molecule has 2 aromatic carbocycles. The molecule has 1 fully saturated rings. The van der Waals surface area contributed by atoms with E-state index in [1.54, 1.807) is 17.0 Å². The average molecular weight is 340 g/mol. The van der Waals surface area contributed by atoms with Crippen molar-refractivity contribution in [3.63, 3.8) is 0 Å². The predicted molar refractivity (Wildman–Crippen MR) is 93.3 cm³/mol. The molecule has 1 aliphatic heterocycles. The smallest absolute Gasteiger partial charge is 0.240 e. The van der Waals surface area contributed by atoms with Crippen LogP contribution in [0.25, 0.3) is 0 Å². The number of rotatable bonds is 5. The molecule has 25 heavy (non-hydrogen) atoms. The third-order valence-corrected chi connectivity index (χ3v) is 4.40. The van der Waals surface area contributed by atoms with E-state index in [2.05, 4.69) is 5.32 Å². The number of carbonyl (C=O) groups excluding carboxylic acids is 2. The van der Waals surface area contributed by atoms with E-state index >= 15 is 0 Å². The molecule has 5 heteroatoms. The lowest BCUT2D eigenvalue weighted by Crippen LogP contribution is -2.44. The summed E-state index contributed by atoms with van der Waals surface area (Å²) in [5.74, 6) is -0.506. The molecule has 0 spiro atoms. The van der Waals surface area contributed by atoms with Crippen molar-refractivity contribution < 1.29 is 14.0 Å². The molecular formula is C20H21FN2O2. The van der Waals surface area contributed by atoms with Gasteiger partial charge in [0.05, 0.1) is 12.6 Å². The van der Waals surface area contributed by atoms with Gasteiger partial charge in [0.2, 0.25) is 11.8 Å². The Morgan fingerprint density at radius 2 is 1.72 bits per heavy atom. The fraction of sp³-hybridized carbons (Fsp3) is 0.300. The van der Waals surface area contributed by atoms with Crippen molar-refractivity contribution in [1.29, 1.82) is 0 Å². The molecule has 2 amide bonds. The molecule has 0 saturated carbocycles. The first-order chi connectivity index (χ1) is 12.1. The number of benzene rings is 2. The Hall–Kier alpha value is -2.69. The van der Waals surface area contributed by atoms with Gasteiger partial charge in [-0.1, -0.05) is 42.5 Å². The van der Waals surface area contributed by atoms with Crippen molar-refractivity contribution in [2.24, 2.45) is 0 Å². The SMILES string of the molecule is O=C(CN1CCCCC1=O)NC(c1ccccc1)c1ccc(F)cc1. The third kappa shape index (κ3) is 4.44. The first-order valence-corrected chi connectivity index (χ1v) is 8.51. The summed E-state index contributed by atoms with van der Waals surface area (Å²) in [5, 5.41) is 2.98. The van der Waals surface area contributed by atoms with Crippen LogP contribution < -0.4 is 5.32 Å². The zero-order valence-corrected chi connectivity index (χ0v) is 14.0. The lowest BCUT2D eigenvalue weighted by molar-refractivity contribution is -0.137. The molecule has 1 N–H and O–H groups in total. The molecule has 2 aromatic rings. The standard InChI is InChI=1S/C20H21FN2O2/c21-17-11-9-16(10-12-17)20(15-6-2-1-3-7-15)22-18(24)14-23-13-5-4-8-19(23)25/h1-3,6-7,9-12,20H,4-5,8,13-14H2,(H,22,24). The first-order valence-electron chi connectivity index (χ1n) is 8.51. The van der Waals surface area contributed by atoms with Gasteiger partial charge >= 0.3 is 0 Å². The number of hydrogen-bond donors (Lipinski definition) is 1. The van der Waals surface area contributed by atoms with Crippen LogP contribution in [0.5, 0.6) is 0 Å². The van der Waals surface area contributed by atoms with Crippen molar-refractivity contribution in [1.82, 2.24) is 10.2 Å². The van der Waals surface area contributed by atoms with Crippen LogP contribution in [0, 0.1) is 5.82 Å². The number of amides is 2. The summed E-state index contributed by atoms with van der Waals surface area (Å²) >= 11 is 0. The number of carbonyl (C=O) groups is 2. The minimum absolute atomic E-state index is 0.0273. The molecule has 1 aliphatic rings. The van der Waals surface area contributed by atoms with Gasteiger partial charge in [0, 0.05) is 13.0 Å². The fourth-order valence-electron chi connectivity index (χ4n) is 3.07. The largest absolute Gasteiger partial charge is 0.344 e. The van der Waals surface area contributed by atoms with Crippen LogP contribution in [0.2, 0.25) is 0 Å². The molecule has 0 radical (unpaired) electrons. The molecule has 0 bridgehead atoms. The van der Waals surface area contributed by atoms with Crippen LogP contribution in [0.1, 0.15) is 36.4 Å². The molecule has 1 atom stereocenters. The van der Waals surface area contributed by atoms with E-state index in [0.29, 0.717) is 13.0 Å². The molecule has 0 aromatic heterocycles. The number of nitrogens with zero attached hydrogens (tertiary/aromatic N) is 1. The average Bonchev–Trinajstić information content (AvgIpc) is 2.63. The molecule has 1 unspecified atom stereocenters.